The van der Waals surface area contributed by atoms with Crippen LogP contribution in [0.25, 0.3) is 0 Å². The SMILES string of the molecule is CCC(NP(=O)(OCC1OC(n2ccc(=O)[nH]c2=O)C2(CCO2)C1OC)Oc1ccccc1)C(=O)OC(C)C. The lowest BCUT2D eigenvalue weighted by atomic mass is 9.86. The van der Waals surface area contributed by atoms with Gasteiger partial charge in [-0.3, -0.25) is 23.7 Å². The van der Waals surface area contributed by atoms with Crippen molar-refractivity contribution in [1.82, 2.24) is 14.6 Å². The van der Waals surface area contributed by atoms with E-state index in [0.717, 1.165) is 0 Å². The van der Waals surface area contributed by atoms with Crippen molar-refractivity contribution in [2.45, 2.75) is 69.8 Å². The van der Waals surface area contributed by atoms with Crippen LogP contribution in [0.4, 0.5) is 0 Å². The summed E-state index contributed by atoms with van der Waals surface area (Å²) in [5, 5.41) is 2.71. The van der Waals surface area contributed by atoms with Gasteiger partial charge in [-0.2, -0.15) is 5.09 Å². The fourth-order valence-electron chi connectivity index (χ4n) is 4.65. The number of rotatable bonds is 12. The number of hydrogen-bond donors (Lipinski definition) is 2. The summed E-state index contributed by atoms with van der Waals surface area (Å²) in [5.41, 5.74) is -2.25. The molecule has 2 aliphatic rings. The van der Waals surface area contributed by atoms with Crippen LogP contribution in [-0.2, 0) is 32.8 Å². The lowest BCUT2D eigenvalue weighted by molar-refractivity contribution is -0.231. The van der Waals surface area contributed by atoms with Crippen molar-refractivity contribution in [1.29, 1.82) is 0 Å². The van der Waals surface area contributed by atoms with Crippen LogP contribution < -0.4 is 20.9 Å². The third kappa shape index (κ3) is 6.34. The quantitative estimate of drug-likeness (QED) is 0.286. The number of nitrogens with zero attached hydrogens (tertiary/aromatic N) is 1. The van der Waals surface area contributed by atoms with Crippen LogP contribution in [0.5, 0.6) is 5.75 Å². The summed E-state index contributed by atoms with van der Waals surface area (Å²) in [4.78, 5) is 39.0. The van der Waals surface area contributed by atoms with Crippen LogP contribution in [-0.4, -0.2) is 65.8 Å². The Bertz CT molecular complexity index is 1290. The zero-order valence-corrected chi connectivity index (χ0v) is 23.1. The van der Waals surface area contributed by atoms with Gasteiger partial charge in [0, 0.05) is 25.8 Å². The number of carbonyl (C=O) groups is 1. The molecule has 2 aliphatic heterocycles. The van der Waals surface area contributed by atoms with Gasteiger partial charge in [0.15, 0.2) is 6.23 Å². The molecule has 1 spiro atoms. The van der Waals surface area contributed by atoms with E-state index in [1.165, 1.54) is 23.9 Å². The van der Waals surface area contributed by atoms with E-state index in [4.69, 9.17) is 28.0 Å². The molecule has 39 heavy (non-hydrogen) atoms. The van der Waals surface area contributed by atoms with E-state index in [1.807, 2.05) is 0 Å². The average Bonchev–Trinajstić information content (AvgIpc) is 3.21. The summed E-state index contributed by atoms with van der Waals surface area (Å²) in [6.45, 7) is 5.28. The Morgan fingerprint density at radius 2 is 1.97 bits per heavy atom. The highest BCUT2D eigenvalue weighted by atomic mass is 31.2. The van der Waals surface area contributed by atoms with Crippen molar-refractivity contribution in [3.8, 4) is 5.75 Å². The van der Waals surface area contributed by atoms with Crippen molar-refractivity contribution >= 4 is 13.7 Å². The molecular formula is C25H34N3O10P. The Morgan fingerprint density at radius 1 is 1.26 bits per heavy atom. The number of aromatic nitrogens is 2. The molecule has 2 N–H and O–H groups in total. The van der Waals surface area contributed by atoms with Gasteiger partial charge in [0.05, 0.1) is 19.3 Å². The summed E-state index contributed by atoms with van der Waals surface area (Å²) in [5.74, 6) is -0.341. The molecule has 14 heteroatoms. The normalized spacial score (nSPS) is 26.6. The molecule has 0 aliphatic carbocycles. The molecular weight excluding hydrogens is 533 g/mol. The molecule has 0 radical (unpaired) electrons. The first-order valence-corrected chi connectivity index (χ1v) is 14.3. The minimum atomic E-state index is -4.18. The van der Waals surface area contributed by atoms with Gasteiger partial charge in [-0.15, -0.1) is 0 Å². The molecule has 3 heterocycles. The summed E-state index contributed by atoms with van der Waals surface area (Å²) in [6, 6.07) is 8.61. The van der Waals surface area contributed by atoms with E-state index in [9.17, 15) is 18.9 Å². The number of ether oxygens (including phenoxy) is 4. The number of methoxy groups -OCH3 is 1. The van der Waals surface area contributed by atoms with E-state index in [0.29, 0.717) is 13.0 Å². The summed E-state index contributed by atoms with van der Waals surface area (Å²) in [7, 11) is -2.72. The zero-order valence-electron chi connectivity index (χ0n) is 22.2. The fraction of sp³-hybridized carbons (Fsp3) is 0.560. The highest BCUT2D eigenvalue weighted by molar-refractivity contribution is 7.52. The number of aromatic amines is 1. The highest BCUT2D eigenvalue weighted by Gasteiger charge is 2.63. The first-order chi connectivity index (χ1) is 18.6. The predicted octanol–water partition coefficient (Wildman–Crippen LogP) is 2.13. The third-order valence-corrected chi connectivity index (χ3v) is 8.07. The van der Waals surface area contributed by atoms with Gasteiger partial charge in [-0.05, 0) is 32.4 Å². The Kier molecular flexibility index (Phi) is 9.10. The summed E-state index contributed by atoms with van der Waals surface area (Å²) < 4.78 is 49.9. The summed E-state index contributed by atoms with van der Waals surface area (Å²) >= 11 is 0. The van der Waals surface area contributed by atoms with E-state index in [-0.39, 0.29) is 24.9 Å². The van der Waals surface area contributed by atoms with Gasteiger partial charge in [0.25, 0.3) is 5.56 Å². The second kappa shape index (κ2) is 12.2. The molecule has 6 atom stereocenters. The Labute approximate surface area is 225 Å². The Hall–Kier alpha value is -2.80. The van der Waals surface area contributed by atoms with Gasteiger partial charge in [-0.25, -0.2) is 9.36 Å². The van der Waals surface area contributed by atoms with Crippen LogP contribution in [0, 0.1) is 0 Å². The second-order valence-electron chi connectivity index (χ2n) is 9.53. The molecule has 0 saturated carbocycles. The molecule has 214 valence electrons. The Balaban J connectivity index is 1.58. The number of H-pyrrole nitrogens is 1. The predicted molar refractivity (Wildman–Crippen MR) is 138 cm³/mol. The van der Waals surface area contributed by atoms with Crippen molar-refractivity contribution < 1.29 is 37.4 Å². The first-order valence-electron chi connectivity index (χ1n) is 12.7. The van der Waals surface area contributed by atoms with Gasteiger partial charge in [0.2, 0.25) is 0 Å². The third-order valence-electron chi connectivity index (χ3n) is 6.50. The van der Waals surface area contributed by atoms with Crippen LogP contribution >= 0.6 is 7.75 Å². The highest BCUT2D eigenvalue weighted by Crippen LogP contribution is 2.51. The van der Waals surface area contributed by atoms with Crippen LogP contribution in [0.2, 0.25) is 0 Å². The van der Waals surface area contributed by atoms with Crippen molar-refractivity contribution in [2.75, 3.05) is 20.3 Å². The Morgan fingerprint density at radius 3 is 2.54 bits per heavy atom. The first kappa shape index (κ1) is 29.2. The standard InChI is InChI=1S/C25H34N3O10P/c1-5-18(22(30)36-16(2)3)27-39(32,38-17-9-7-6-8-10-17)35-15-19-21(33-4)25(12-14-34-25)23(37-19)28-13-11-20(29)26-24(28)31/h6-11,13,16,18-19,21,23H,5,12,14-15H2,1-4H3,(H,27,32)(H,26,29,31). The van der Waals surface area contributed by atoms with Gasteiger partial charge in [-0.1, -0.05) is 25.1 Å². The van der Waals surface area contributed by atoms with Crippen molar-refractivity contribution in [2.24, 2.45) is 0 Å². The number of esters is 1. The van der Waals surface area contributed by atoms with E-state index in [1.54, 1.807) is 51.1 Å². The van der Waals surface area contributed by atoms with Gasteiger partial charge >= 0.3 is 19.4 Å². The minimum Gasteiger partial charge on any atom is -0.462 e. The molecule has 0 amide bonds. The topological polar surface area (TPSA) is 156 Å². The fourth-order valence-corrected chi connectivity index (χ4v) is 6.24. The maximum absolute atomic E-state index is 14.0. The van der Waals surface area contributed by atoms with Crippen LogP contribution in [0.1, 0.15) is 39.8 Å². The van der Waals surface area contributed by atoms with E-state index < -0.39 is 55.0 Å². The number of hydrogen-bond acceptors (Lipinski definition) is 10. The number of nitrogens with one attached hydrogen (secondary N) is 2. The lowest BCUT2D eigenvalue weighted by Gasteiger charge is -2.45. The molecule has 13 nitrogen and oxygen atoms in total. The number of carbonyl (C=O) groups excluding carboxylic acids is 1. The molecule has 2 fully saturated rings. The smallest absolute Gasteiger partial charge is 0.459 e. The molecule has 2 aromatic rings. The summed E-state index contributed by atoms with van der Waals surface area (Å²) in [6.07, 6.45) is -0.794. The largest absolute Gasteiger partial charge is 0.462 e. The molecule has 0 bridgehead atoms. The number of para-hydroxylation sites is 1. The van der Waals surface area contributed by atoms with Gasteiger partial charge < -0.3 is 23.5 Å². The molecule has 1 aromatic heterocycles. The molecule has 4 rings (SSSR count). The zero-order chi connectivity index (χ0) is 28.2. The lowest BCUT2D eigenvalue weighted by Crippen LogP contribution is -2.58. The van der Waals surface area contributed by atoms with Crippen LogP contribution in [0.3, 0.4) is 0 Å². The maximum Gasteiger partial charge on any atom is 0.459 e. The van der Waals surface area contributed by atoms with E-state index in [2.05, 4.69) is 10.1 Å². The molecule has 1 aromatic carbocycles. The second-order valence-corrected chi connectivity index (χ2v) is 11.2. The van der Waals surface area contributed by atoms with Gasteiger partial charge in [0.1, 0.15) is 29.6 Å². The maximum atomic E-state index is 14.0. The van der Waals surface area contributed by atoms with E-state index >= 15 is 0 Å². The minimum absolute atomic E-state index is 0.256. The molecule has 6 unspecified atom stereocenters. The number of benzene rings is 1. The average molecular weight is 568 g/mol. The monoisotopic (exact) mass is 567 g/mol. The van der Waals surface area contributed by atoms with Crippen molar-refractivity contribution in [3.63, 3.8) is 0 Å². The van der Waals surface area contributed by atoms with Crippen LogP contribution in [0.15, 0.2) is 52.2 Å². The van der Waals surface area contributed by atoms with Crippen molar-refractivity contribution in [3.05, 3.63) is 63.4 Å². The molecule has 2 saturated heterocycles.